The summed E-state index contributed by atoms with van der Waals surface area (Å²) in [5.41, 5.74) is 3.62. The number of hydrogen-bond donors (Lipinski definition) is 0. The van der Waals surface area contributed by atoms with E-state index in [-0.39, 0.29) is 5.82 Å². The van der Waals surface area contributed by atoms with E-state index in [9.17, 15) is 4.39 Å². The molecule has 124 valence electrons. The molecule has 2 nitrogen and oxygen atoms in total. The van der Waals surface area contributed by atoms with Crippen LogP contribution in [0.5, 0.6) is 0 Å². The molecule has 0 saturated carbocycles. The molecule has 1 aliphatic rings. The Labute approximate surface area is 142 Å². The topological polar surface area (TPSA) is 8.17 Å². The lowest BCUT2D eigenvalue weighted by Gasteiger charge is -2.26. The number of hydrogen-bond acceptors (Lipinski definition) is 1. The minimum absolute atomic E-state index is 0.153. The molecule has 0 bridgehead atoms. The van der Waals surface area contributed by atoms with Gasteiger partial charge in [-0.3, -0.25) is 4.90 Å². The molecule has 2 aromatic carbocycles. The van der Waals surface area contributed by atoms with Gasteiger partial charge in [-0.25, -0.2) is 4.39 Å². The maximum Gasteiger partial charge on any atom is 0.123 e. The maximum absolute atomic E-state index is 13.8. The molecule has 0 spiro atoms. The zero-order valence-corrected chi connectivity index (χ0v) is 13.9. The van der Waals surface area contributed by atoms with Crippen molar-refractivity contribution < 1.29 is 4.39 Å². The van der Waals surface area contributed by atoms with Crippen molar-refractivity contribution in [2.75, 3.05) is 13.1 Å². The molecule has 0 unspecified atom stereocenters. The molecule has 3 heteroatoms. The van der Waals surface area contributed by atoms with E-state index in [1.807, 2.05) is 12.1 Å². The van der Waals surface area contributed by atoms with Crippen LogP contribution >= 0.6 is 0 Å². The van der Waals surface area contributed by atoms with Gasteiger partial charge < -0.3 is 4.57 Å². The predicted octanol–water partition coefficient (Wildman–Crippen LogP) is 4.81. The van der Waals surface area contributed by atoms with E-state index in [1.165, 1.54) is 30.4 Å². The largest absolute Gasteiger partial charge is 0.343 e. The first-order valence-corrected chi connectivity index (χ1v) is 8.83. The molecule has 1 aliphatic heterocycles. The van der Waals surface area contributed by atoms with Crippen LogP contribution in [0.1, 0.15) is 30.4 Å². The minimum atomic E-state index is -0.153. The standard InChI is InChI=1S/C21H23FN2/c22-19-9-10-21-20(13-19)18(15-23-11-5-2-6-12-23)16-24(21)14-17-7-3-1-4-8-17/h1,3-4,7-10,13,16H,2,5-6,11-12,14-15H2. The fourth-order valence-corrected chi connectivity index (χ4v) is 3.74. The van der Waals surface area contributed by atoms with Crippen molar-refractivity contribution in [3.05, 3.63) is 71.7 Å². The summed E-state index contributed by atoms with van der Waals surface area (Å²) < 4.78 is 16.1. The second-order valence-electron chi connectivity index (χ2n) is 6.77. The van der Waals surface area contributed by atoms with Crippen LogP contribution in [0.25, 0.3) is 10.9 Å². The van der Waals surface area contributed by atoms with E-state index < -0.39 is 0 Å². The van der Waals surface area contributed by atoms with Crippen molar-refractivity contribution in [2.24, 2.45) is 0 Å². The molecule has 1 saturated heterocycles. The molecular weight excluding hydrogens is 299 g/mol. The van der Waals surface area contributed by atoms with Gasteiger partial charge in [0.25, 0.3) is 0 Å². The van der Waals surface area contributed by atoms with Gasteiger partial charge in [-0.1, -0.05) is 36.8 Å². The maximum atomic E-state index is 13.8. The third-order valence-corrected chi connectivity index (χ3v) is 4.96. The number of piperidine rings is 1. The zero-order chi connectivity index (χ0) is 16.4. The van der Waals surface area contributed by atoms with Crippen molar-refractivity contribution in [1.82, 2.24) is 9.47 Å². The van der Waals surface area contributed by atoms with Gasteiger partial charge in [0, 0.05) is 30.2 Å². The fourth-order valence-electron chi connectivity index (χ4n) is 3.74. The molecule has 0 N–H and O–H groups in total. The Hall–Kier alpha value is -2.13. The Kier molecular flexibility index (Phi) is 4.35. The summed E-state index contributed by atoms with van der Waals surface area (Å²) in [6.45, 7) is 4.05. The molecular formula is C21H23FN2. The number of fused-ring (bicyclic) bond motifs is 1. The van der Waals surface area contributed by atoms with Gasteiger partial charge in [-0.15, -0.1) is 0 Å². The van der Waals surface area contributed by atoms with Crippen LogP contribution in [0.15, 0.2) is 54.7 Å². The Balaban J connectivity index is 1.69. The quantitative estimate of drug-likeness (QED) is 0.669. The highest BCUT2D eigenvalue weighted by atomic mass is 19.1. The van der Waals surface area contributed by atoms with Crippen LogP contribution in [-0.2, 0) is 13.1 Å². The summed E-state index contributed by atoms with van der Waals surface area (Å²) >= 11 is 0. The fraction of sp³-hybridized carbons (Fsp3) is 0.333. The minimum Gasteiger partial charge on any atom is -0.343 e. The summed E-state index contributed by atoms with van der Waals surface area (Å²) in [6.07, 6.45) is 6.10. The zero-order valence-electron chi connectivity index (χ0n) is 13.9. The molecule has 4 rings (SSSR count). The molecule has 0 radical (unpaired) electrons. The summed E-state index contributed by atoms with van der Waals surface area (Å²) in [5.74, 6) is -0.153. The number of likely N-dealkylation sites (tertiary alicyclic amines) is 1. The molecule has 1 fully saturated rings. The van der Waals surface area contributed by atoms with E-state index in [0.29, 0.717) is 0 Å². The molecule has 0 aliphatic carbocycles. The Morgan fingerprint density at radius 2 is 1.67 bits per heavy atom. The SMILES string of the molecule is Fc1ccc2c(c1)c(CN1CCCCC1)cn2Cc1ccccc1. The van der Waals surface area contributed by atoms with Crippen LogP contribution in [0, 0.1) is 5.82 Å². The lowest BCUT2D eigenvalue weighted by molar-refractivity contribution is 0.221. The molecule has 0 atom stereocenters. The summed E-state index contributed by atoms with van der Waals surface area (Å²) in [5, 5.41) is 1.05. The monoisotopic (exact) mass is 322 g/mol. The van der Waals surface area contributed by atoms with Gasteiger partial charge in [0.05, 0.1) is 0 Å². The second kappa shape index (κ2) is 6.78. The lowest BCUT2D eigenvalue weighted by atomic mass is 10.1. The molecule has 1 aromatic heterocycles. The molecule has 0 amide bonds. The van der Waals surface area contributed by atoms with Crippen LogP contribution in [0.2, 0.25) is 0 Å². The number of rotatable bonds is 4. The van der Waals surface area contributed by atoms with Gasteiger partial charge in [0.2, 0.25) is 0 Å². The molecule has 24 heavy (non-hydrogen) atoms. The molecule has 3 aromatic rings. The average Bonchev–Trinajstić information content (AvgIpc) is 2.93. The van der Waals surface area contributed by atoms with Crippen LogP contribution < -0.4 is 0 Å². The van der Waals surface area contributed by atoms with E-state index in [2.05, 4.69) is 39.9 Å². The highest BCUT2D eigenvalue weighted by Crippen LogP contribution is 2.26. The Bertz CT molecular complexity index is 816. The number of halogens is 1. The lowest BCUT2D eigenvalue weighted by Crippen LogP contribution is -2.28. The summed E-state index contributed by atoms with van der Waals surface area (Å²) in [4.78, 5) is 2.50. The first kappa shape index (κ1) is 15.4. The first-order chi connectivity index (χ1) is 11.8. The van der Waals surface area contributed by atoms with Gasteiger partial charge in [0.1, 0.15) is 5.82 Å². The third-order valence-electron chi connectivity index (χ3n) is 4.96. The van der Waals surface area contributed by atoms with Crippen LogP contribution in [0.4, 0.5) is 4.39 Å². The number of benzene rings is 2. The number of aromatic nitrogens is 1. The highest BCUT2D eigenvalue weighted by molar-refractivity contribution is 5.84. The Morgan fingerprint density at radius 1 is 0.875 bits per heavy atom. The van der Waals surface area contributed by atoms with Crippen molar-refractivity contribution in [3.8, 4) is 0 Å². The van der Waals surface area contributed by atoms with E-state index >= 15 is 0 Å². The van der Waals surface area contributed by atoms with Crippen molar-refractivity contribution in [1.29, 1.82) is 0 Å². The highest BCUT2D eigenvalue weighted by Gasteiger charge is 2.15. The summed E-state index contributed by atoms with van der Waals surface area (Å²) in [7, 11) is 0. The Morgan fingerprint density at radius 3 is 2.46 bits per heavy atom. The molecule has 2 heterocycles. The van der Waals surface area contributed by atoms with Gasteiger partial charge in [-0.2, -0.15) is 0 Å². The second-order valence-corrected chi connectivity index (χ2v) is 6.77. The first-order valence-electron chi connectivity index (χ1n) is 8.83. The van der Waals surface area contributed by atoms with Crippen molar-refractivity contribution in [2.45, 2.75) is 32.4 Å². The van der Waals surface area contributed by atoms with Gasteiger partial charge in [0.15, 0.2) is 0 Å². The van der Waals surface area contributed by atoms with E-state index in [4.69, 9.17) is 0 Å². The average molecular weight is 322 g/mol. The van der Waals surface area contributed by atoms with E-state index in [1.54, 1.807) is 12.1 Å². The van der Waals surface area contributed by atoms with Crippen LogP contribution in [0.3, 0.4) is 0 Å². The number of nitrogens with zero attached hydrogens (tertiary/aromatic N) is 2. The van der Waals surface area contributed by atoms with Crippen molar-refractivity contribution in [3.63, 3.8) is 0 Å². The normalized spacial score (nSPS) is 15.9. The third kappa shape index (κ3) is 3.22. The predicted molar refractivity (Wildman–Crippen MR) is 96.6 cm³/mol. The van der Waals surface area contributed by atoms with Gasteiger partial charge in [-0.05, 0) is 55.3 Å². The smallest absolute Gasteiger partial charge is 0.123 e. The van der Waals surface area contributed by atoms with Crippen molar-refractivity contribution >= 4 is 10.9 Å². The van der Waals surface area contributed by atoms with Gasteiger partial charge >= 0.3 is 0 Å². The van der Waals surface area contributed by atoms with Crippen LogP contribution in [-0.4, -0.2) is 22.6 Å². The van der Waals surface area contributed by atoms with E-state index in [0.717, 1.165) is 37.1 Å². The summed E-state index contributed by atoms with van der Waals surface area (Å²) in [6, 6.07) is 15.6.